The van der Waals surface area contributed by atoms with Crippen LogP contribution in [-0.4, -0.2) is 12.6 Å². The van der Waals surface area contributed by atoms with Crippen molar-refractivity contribution in [2.45, 2.75) is 6.92 Å². The van der Waals surface area contributed by atoms with Gasteiger partial charge in [-0.2, -0.15) is 0 Å². The number of halogens is 1. The second-order valence-electron chi connectivity index (χ2n) is 3.36. The first-order valence-electron chi connectivity index (χ1n) is 5.08. The van der Waals surface area contributed by atoms with Crippen LogP contribution in [0.25, 0.3) is 10.8 Å². The van der Waals surface area contributed by atoms with E-state index in [4.69, 9.17) is 4.74 Å². The summed E-state index contributed by atoms with van der Waals surface area (Å²) in [5.74, 6) is -0.889. The third-order valence-corrected chi connectivity index (χ3v) is 2.35. The lowest BCUT2D eigenvalue weighted by atomic mass is 10.0. The van der Waals surface area contributed by atoms with Gasteiger partial charge >= 0.3 is 5.97 Å². The van der Waals surface area contributed by atoms with Crippen LogP contribution in [0.1, 0.15) is 17.3 Å². The average Bonchev–Trinajstić information content (AvgIpc) is 2.29. The van der Waals surface area contributed by atoms with Crippen LogP contribution >= 0.6 is 0 Å². The standard InChI is InChI=1S/C13H11FO2/c1-2-16-13(15)10-7-3-5-9-6-4-8-11(14)12(9)10/h3-8H,2H2,1H3. The number of fused-ring (bicyclic) bond motifs is 1. The van der Waals surface area contributed by atoms with E-state index in [0.29, 0.717) is 10.8 Å². The molecule has 0 saturated heterocycles. The van der Waals surface area contributed by atoms with Crippen molar-refractivity contribution >= 4 is 16.7 Å². The maximum Gasteiger partial charge on any atom is 0.338 e. The van der Waals surface area contributed by atoms with Gasteiger partial charge in [-0.3, -0.25) is 0 Å². The van der Waals surface area contributed by atoms with Crippen molar-refractivity contribution in [1.82, 2.24) is 0 Å². The molecule has 0 N–H and O–H groups in total. The fraction of sp³-hybridized carbons (Fsp3) is 0.154. The molecule has 0 bridgehead atoms. The van der Waals surface area contributed by atoms with Gasteiger partial charge in [0.05, 0.1) is 12.2 Å². The third-order valence-electron chi connectivity index (χ3n) is 2.35. The molecule has 0 aromatic heterocycles. The van der Waals surface area contributed by atoms with E-state index in [1.165, 1.54) is 6.07 Å². The molecule has 0 aliphatic carbocycles. The van der Waals surface area contributed by atoms with Crippen LogP contribution in [0, 0.1) is 5.82 Å². The second-order valence-corrected chi connectivity index (χ2v) is 3.36. The summed E-state index contributed by atoms with van der Waals surface area (Å²) in [6.07, 6.45) is 0. The van der Waals surface area contributed by atoms with Gasteiger partial charge in [0.25, 0.3) is 0 Å². The quantitative estimate of drug-likeness (QED) is 0.724. The molecule has 0 atom stereocenters. The van der Waals surface area contributed by atoms with E-state index in [1.54, 1.807) is 37.3 Å². The van der Waals surface area contributed by atoms with Crippen molar-refractivity contribution in [3.8, 4) is 0 Å². The Kier molecular flexibility index (Phi) is 2.86. The van der Waals surface area contributed by atoms with Crippen molar-refractivity contribution in [2.75, 3.05) is 6.61 Å². The molecule has 0 saturated carbocycles. The lowest BCUT2D eigenvalue weighted by molar-refractivity contribution is 0.0528. The number of carbonyl (C=O) groups is 1. The number of hydrogen-bond acceptors (Lipinski definition) is 2. The molecule has 0 aliphatic heterocycles. The van der Waals surface area contributed by atoms with Gasteiger partial charge < -0.3 is 4.74 Å². The van der Waals surface area contributed by atoms with Gasteiger partial charge in [-0.25, -0.2) is 9.18 Å². The van der Waals surface area contributed by atoms with E-state index >= 15 is 0 Å². The predicted octanol–water partition coefficient (Wildman–Crippen LogP) is 3.16. The van der Waals surface area contributed by atoms with Gasteiger partial charge in [-0.05, 0) is 24.4 Å². The van der Waals surface area contributed by atoms with E-state index in [9.17, 15) is 9.18 Å². The zero-order valence-electron chi connectivity index (χ0n) is 8.87. The normalized spacial score (nSPS) is 10.4. The Morgan fingerprint density at radius 2 is 1.94 bits per heavy atom. The molecule has 2 nitrogen and oxygen atoms in total. The van der Waals surface area contributed by atoms with Crippen molar-refractivity contribution in [2.24, 2.45) is 0 Å². The van der Waals surface area contributed by atoms with Crippen LogP contribution in [0.5, 0.6) is 0 Å². The predicted molar refractivity (Wildman–Crippen MR) is 59.9 cm³/mol. The summed E-state index contributed by atoms with van der Waals surface area (Å²) in [7, 11) is 0. The third kappa shape index (κ3) is 1.76. The highest BCUT2D eigenvalue weighted by Gasteiger charge is 2.13. The van der Waals surface area contributed by atoms with Gasteiger partial charge in [0.1, 0.15) is 5.82 Å². The first kappa shape index (κ1) is 10.6. The Hall–Kier alpha value is -1.90. The molecule has 82 valence electrons. The highest BCUT2D eigenvalue weighted by atomic mass is 19.1. The topological polar surface area (TPSA) is 26.3 Å². The number of carbonyl (C=O) groups excluding carboxylic acids is 1. The van der Waals surface area contributed by atoms with Crippen molar-refractivity contribution in [3.05, 3.63) is 47.8 Å². The van der Waals surface area contributed by atoms with Crippen LogP contribution < -0.4 is 0 Å². The molecule has 2 aromatic carbocycles. The summed E-state index contributed by atoms with van der Waals surface area (Å²) in [6, 6.07) is 9.78. The van der Waals surface area contributed by atoms with Crippen LogP contribution in [0.2, 0.25) is 0 Å². The lowest BCUT2D eigenvalue weighted by Crippen LogP contribution is -2.05. The summed E-state index contributed by atoms with van der Waals surface area (Å²) < 4.78 is 18.5. The van der Waals surface area contributed by atoms with Crippen molar-refractivity contribution < 1.29 is 13.9 Å². The minimum absolute atomic E-state index is 0.275. The van der Waals surface area contributed by atoms with Gasteiger partial charge in [0.2, 0.25) is 0 Å². The van der Waals surface area contributed by atoms with Crippen LogP contribution in [0.4, 0.5) is 4.39 Å². The molecule has 0 amide bonds. The molecule has 0 radical (unpaired) electrons. The van der Waals surface area contributed by atoms with E-state index in [-0.39, 0.29) is 12.2 Å². The summed E-state index contributed by atoms with van der Waals surface area (Å²) in [6.45, 7) is 2.00. The highest BCUT2D eigenvalue weighted by molar-refractivity contribution is 6.04. The minimum atomic E-state index is -0.488. The van der Waals surface area contributed by atoms with Gasteiger partial charge in [-0.15, -0.1) is 0 Å². The van der Waals surface area contributed by atoms with E-state index in [0.717, 1.165) is 0 Å². The average molecular weight is 218 g/mol. The molecule has 0 heterocycles. The van der Waals surface area contributed by atoms with E-state index in [2.05, 4.69) is 0 Å². The Morgan fingerprint density at radius 1 is 1.25 bits per heavy atom. The Morgan fingerprint density at radius 3 is 2.62 bits per heavy atom. The van der Waals surface area contributed by atoms with Crippen LogP contribution in [0.15, 0.2) is 36.4 Å². The van der Waals surface area contributed by atoms with Gasteiger partial charge in [-0.1, -0.05) is 24.3 Å². The van der Waals surface area contributed by atoms with Gasteiger partial charge in [0, 0.05) is 5.39 Å². The molecule has 0 fully saturated rings. The molecule has 2 rings (SSSR count). The Balaban J connectivity index is 2.65. The molecule has 2 aromatic rings. The Labute approximate surface area is 92.6 Å². The van der Waals surface area contributed by atoms with Crippen molar-refractivity contribution in [3.63, 3.8) is 0 Å². The number of rotatable bonds is 2. The molecular formula is C13H11FO2. The lowest BCUT2D eigenvalue weighted by Gasteiger charge is -2.06. The molecular weight excluding hydrogens is 207 g/mol. The number of hydrogen-bond donors (Lipinski definition) is 0. The highest BCUT2D eigenvalue weighted by Crippen LogP contribution is 2.22. The summed E-state index contributed by atoms with van der Waals surface area (Å²) in [4.78, 5) is 11.6. The fourth-order valence-electron chi connectivity index (χ4n) is 1.67. The van der Waals surface area contributed by atoms with E-state index < -0.39 is 11.8 Å². The number of benzene rings is 2. The van der Waals surface area contributed by atoms with Gasteiger partial charge in [0.15, 0.2) is 0 Å². The minimum Gasteiger partial charge on any atom is -0.462 e. The molecule has 3 heteroatoms. The number of esters is 1. The smallest absolute Gasteiger partial charge is 0.338 e. The van der Waals surface area contributed by atoms with E-state index in [1.807, 2.05) is 0 Å². The molecule has 0 spiro atoms. The number of ether oxygens (including phenoxy) is 1. The van der Waals surface area contributed by atoms with Crippen LogP contribution in [-0.2, 0) is 4.74 Å². The maximum atomic E-state index is 13.6. The maximum absolute atomic E-state index is 13.6. The molecule has 0 aliphatic rings. The first-order chi connectivity index (χ1) is 7.74. The molecule has 0 unspecified atom stereocenters. The fourth-order valence-corrected chi connectivity index (χ4v) is 1.67. The van der Waals surface area contributed by atoms with Crippen LogP contribution in [0.3, 0.4) is 0 Å². The summed E-state index contributed by atoms with van der Waals surface area (Å²) >= 11 is 0. The zero-order chi connectivity index (χ0) is 11.5. The largest absolute Gasteiger partial charge is 0.462 e. The summed E-state index contributed by atoms with van der Waals surface area (Å²) in [5.41, 5.74) is 0.275. The van der Waals surface area contributed by atoms with Crippen molar-refractivity contribution in [1.29, 1.82) is 0 Å². The monoisotopic (exact) mass is 218 g/mol. The SMILES string of the molecule is CCOC(=O)c1cccc2cccc(F)c12. The second kappa shape index (κ2) is 4.31. The zero-order valence-corrected chi connectivity index (χ0v) is 8.87. The summed E-state index contributed by atoms with van der Waals surface area (Å²) in [5, 5.41) is 1.02. The first-order valence-corrected chi connectivity index (χ1v) is 5.08. The molecule has 16 heavy (non-hydrogen) atoms. The Bertz CT molecular complexity index is 529.